The van der Waals surface area contributed by atoms with Gasteiger partial charge in [0.05, 0.1) is 19.0 Å². The number of pyridine rings is 1. The molecule has 0 aliphatic heterocycles. The fraction of sp³-hybridized carbons (Fsp3) is 0.115. The molecule has 0 aliphatic carbocycles. The van der Waals surface area contributed by atoms with Crippen molar-refractivity contribution >= 4 is 22.6 Å². The number of rotatable bonds is 9. The number of nitrogens with zero attached hydrogens (tertiary/aromatic N) is 1. The molecule has 0 unspecified atom stereocenters. The number of methoxy groups -OCH3 is 1. The highest BCUT2D eigenvalue weighted by Gasteiger charge is 2.23. The molecule has 9 nitrogen and oxygen atoms in total. The van der Waals surface area contributed by atoms with Gasteiger partial charge < -0.3 is 19.5 Å². The molecular weight excluding hydrogens is 450 g/mol. The van der Waals surface area contributed by atoms with Crippen LogP contribution in [0.2, 0.25) is 0 Å². The SMILES string of the molecule is COc1nc(C(=O)NCC(=O)NO)c(OCc2ccccc2)c2ccc(Oc3ccccc3)cc12. The van der Waals surface area contributed by atoms with Gasteiger partial charge >= 0.3 is 0 Å². The van der Waals surface area contributed by atoms with Crippen LogP contribution in [-0.2, 0) is 11.4 Å². The number of aromatic nitrogens is 1. The zero-order valence-corrected chi connectivity index (χ0v) is 18.9. The minimum Gasteiger partial charge on any atom is -0.486 e. The van der Waals surface area contributed by atoms with Gasteiger partial charge in [-0.1, -0.05) is 48.5 Å². The van der Waals surface area contributed by atoms with Gasteiger partial charge in [0.25, 0.3) is 11.8 Å². The topological polar surface area (TPSA) is 119 Å². The average Bonchev–Trinajstić information content (AvgIpc) is 2.90. The lowest BCUT2D eigenvalue weighted by molar-refractivity contribution is -0.128. The van der Waals surface area contributed by atoms with Gasteiger partial charge in [0.15, 0.2) is 11.4 Å². The highest BCUT2D eigenvalue weighted by molar-refractivity contribution is 6.04. The molecule has 0 fully saturated rings. The van der Waals surface area contributed by atoms with Gasteiger partial charge in [0.2, 0.25) is 5.88 Å². The summed E-state index contributed by atoms with van der Waals surface area (Å²) >= 11 is 0. The molecule has 35 heavy (non-hydrogen) atoms. The minimum atomic E-state index is -0.777. The first-order chi connectivity index (χ1) is 17.1. The zero-order valence-electron chi connectivity index (χ0n) is 18.9. The molecule has 1 heterocycles. The van der Waals surface area contributed by atoms with Gasteiger partial charge in [-0.15, -0.1) is 0 Å². The molecule has 178 valence electrons. The Labute approximate surface area is 201 Å². The van der Waals surface area contributed by atoms with Gasteiger partial charge in [0.1, 0.15) is 18.1 Å². The van der Waals surface area contributed by atoms with Crippen LogP contribution >= 0.6 is 0 Å². The van der Waals surface area contributed by atoms with E-state index in [0.29, 0.717) is 22.3 Å². The molecule has 1 aromatic heterocycles. The van der Waals surface area contributed by atoms with Crippen molar-refractivity contribution in [3.8, 4) is 23.1 Å². The molecule has 0 spiro atoms. The number of fused-ring (bicyclic) bond motifs is 1. The summed E-state index contributed by atoms with van der Waals surface area (Å²) in [7, 11) is 1.44. The van der Waals surface area contributed by atoms with E-state index >= 15 is 0 Å². The van der Waals surface area contributed by atoms with E-state index < -0.39 is 18.4 Å². The van der Waals surface area contributed by atoms with Crippen LogP contribution in [-0.4, -0.2) is 35.7 Å². The standard InChI is InChI=1S/C26H23N3O6/c1-33-26-21-14-19(35-18-10-6-3-7-11-18)12-13-20(21)24(34-16-17-8-4-2-5-9-17)23(28-26)25(31)27-15-22(30)29-32/h2-14,32H,15-16H2,1H3,(H,27,31)(H,29,30). The number of amides is 2. The van der Waals surface area contributed by atoms with Crippen molar-refractivity contribution in [1.29, 1.82) is 0 Å². The third-order valence-electron chi connectivity index (χ3n) is 5.04. The van der Waals surface area contributed by atoms with Gasteiger partial charge in [-0.05, 0) is 35.9 Å². The minimum absolute atomic E-state index is 0.0623. The Kier molecular flexibility index (Phi) is 7.39. The fourth-order valence-electron chi connectivity index (χ4n) is 3.40. The Bertz CT molecular complexity index is 1330. The summed E-state index contributed by atoms with van der Waals surface area (Å²) in [5, 5.41) is 12.3. The smallest absolute Gasteiger partial charge is 0.274 e. The van der Waals surface area contributed by atoms with E-state index in [1.807, 2.05) is 60.7 Å². The highest BCUT2D eigenvalue weighted by atomic mass is 16.5. The second kappa shape index (κ2) is 11.0. The monoisotopic (exact) mass is 473 g/mol. The Morgan fingerprint density at radius 2 is 1.63 bits per heavy atom. The third kappa shape index (κ3) is 5.66. The first-order valence-electron chi connectivity index (χ1n) is 10.7. The van der Waals surface area contributed by atoms with Gasteiger partial charge in [-0.25, -0.2) is 10.5 Å². The van der Waals surface area contributed by atoms with E-state index in [1.54, 1.807) is 18.2 Å². The lowest BCUT2D eigenvalue weighted by Crippen LogP contribution is -2.36. The number of nitrogens with one attached hydrogen (secondary N) is 2. The maximum absolute atomic E-state index is 12.9. The van der Waals surface area contributed by atoms with E-state index in [-0.39, 0.29) is 23.9 Å². The normalized spacial score (nSPS) is 10.5. The fourth-order valence-corrected chi connectivity index (χ4v) is 3.40. The number of carbonyl (C=O) groups excluding carboxylic acids is 2. The quantitative estimate of drug-likeness (QED) is 0.250. The molecule has 0 bridgehead atoms. The maximum Gasteiger partial charge on any atom is 0.274 e. The Morgan fingerprint density at radius 1 is 0.914 bits per heavy atom. The van der Waals surface area contributed by atoms with Gasteiger partial charge in [-0.3, -0.25) is 14.8 Å². The molecule has 3 N–H and O–H groups in total. The summed E-state index contributed by atoms with van der Waals surface area (Å²) < 4.78 is 17.5. The van der Waals surface area contributed by atoms with Crippen LogP contribution in [0.3, 0.4) is 0 Å². The highest BCUT2D eigenvalue weighted by Crippen LogP contribution is 2.38. The molecule has 9 heteroatoms. The van der Waals surface area contributed by atoms with Crippen molar-refractivity contribution in [2.24, 2.45) is 0 Å². The summed E-state index contributed by atoms with van der Waals surface area (Å²) in [6, 6.07) is 24.0. The van der Waals surface area contributed by atoms with E-state index in [9.17, 15) is 9.59 Å². The Hall–Kier alpha value is -4.63. The first kappa shape index (κ1) is 23.5. The van der Waals surface area contributed by atoms with E-state index in [0.717, 1.165) is 5.56 Å². The molecule has 0 saturated carbocycles. The number of ether oxygens (including phenoxy) is 3. The largest absolute Gasteiger partial charge is 0.486 e. The summed E-state index contributed by atoms with van der Waals surface area (Å²) in [5.74, 6) is 0.175. The van der Waals surface area contributed by atoms with Gasteiger partial charge in [-0.2, -0.15) is 0 Å². The van der Waals surface area contributed by atoms with Crippen molar-refractivity contribution in [3.05, 3.63) is 90.1 Å². The summed E-state index contributed by atoms with van der Waals surface area (Å²) in [6.45, 7) is -0.261. The van der Waals surface area contributed by atoms with Gasteiger partial charge in [0, 0.05) is 5.39 Å². The van der Waals surface area contributed by atoms with E-state index in [2.05, 4.69) is 10.3 Å². The molecule has 3 aromatic carbocycles. The van der Waals surface area contributed by atoms with Crippen LogP contribution in [0.5, 0.6) is 23.1 Å². The molecular formula is C26H23N3O6. The van der Waals surface area contributed by atoms with Crippen LogP contribution in [0.15, 0.2) is 78.9 Å². The average molecular weight is 473 g/mol. The molecule has 0 atom stereocenters. The van der Waals surface area contributed by atoms with Crippen LogP contribution in [0.1, 0.15) is 16.1 Å². The zero-order chi connectivity index (χ0) is 24.6. The lowest BCUT2D eigenvalue weighted by Gasteiger charge is -2.17. The summed E-state index contributed by atoms with van der Waals surface area (Å²) in [6.07, 6.45) is 0. The van der Waals surface area contributed by atoms with Crippen molar-refractivity contribution in [2.45, 2.75) is 6.61 Å². The summed E-state index contributed by atoms with van der Waals surface area (Å²) in [5.41, 5.74) is 2.30. The van der Waals surface area contributed by atoms with Crippen LogP contribution < -0.4 is 25.0 Å². The molecule has 0 saturated heterocycles. The van der Waals surface area contributed by atoms with Crippen molar-refractivity contribution in [3.63, 3.8) is 0 Å². The van der Waals surface area contributed by atoms with Crippen molar-refractivity contribution < 1.29 is 29.0 Å². The number of benzene rings is 3. The number of hydroxylamine groups is 1. The molecule has 0 aliphatic rings. The van der Waals surface area contributed by atoms with E-state index in [1.165, 1.54) is 12.6 Å². The third-order valence-corrected chi connectivity index (χ3v) is 5.04. The van der Waals surface area contributed by atoms with Crippen molar-refractivity contribution in [2.75, 3.05) is 13.7 Å². The maximum atomic E-state index is 12.9. The van der Waals surface area contributed by atoms with Crippen LogP contribution in [0.4, 0.5) is 0 Å². The number of para-hydroxylation sites is 1. The van der Waals surface area contributed by atoms with Crippen LogP contribution in [0, 0.1) is 0 Å². The number of hydrogen-bond donors (Lipinski definition) is 3. The number of carbonyl (C=O) groups is 2. The van der Waals surface area contributed by atoms with E-state index in [4.69, 9.17) is 19.4 Å². The van der Waals surface area contributed by atoms with Crippen molar-refractivity contribution in [1.82, 2.24) is 15.8 Å². The Balaban J connectivity index is 1.76. The summed E-state index contributed by atoms with van der Waals surface area (Å²) in [4.78, 5) is 28.7. The second-order valence-electron chi connectivity index (χ2n) is 7.41. The second-order valence-corrected chi connectivity index (χ2v) is 7.41. The molecule has 2 amide bonds. The number of hydrogen-bond acceptors (Lipinski definition) is 7. The van der Waals surface area contributed by atoms with Crippen LogP contribution in [0.25, 0.3) is 10.8 Å². The predicted octanol–water partition coefficient (Wildman–Crippen LogP) is 3.85. The lowest BCUT2D eigenvalue weighted by atomic mass is 10.1. The molecule has 4 rings (SSSR count). The molecule has 0 radical (unpaired) electrons. The Morgan fingerprint density at radius 3 is 2.31 bits per heavy atom. The predicted molar refractivity (Wildman–Crippen MR) is 128 cm³/mol. The molecule has 4 aromatic rings. The first-order valence-corrected chi connectivity index (χ1v) is 10.7.